The number of carbonyl (C=O) groups excluding carboxylic acids is 1. The monoisotopic (exact) mass is 461 g/mol. The lowest BCUT2D eigenvalue weighted by molar-refractivity contribution is 0.0960. The second kappa shape index (κ2) is 7.36. The Morgan fingerprint density at radius 3 is 2.85 bits per heavy atom. The second-order valence-corrected chi connectivity index (χ2v) is 9.13. The molecular weight excluding hydrogens is 437 g/mol. The van der Waals surface area contributed by atoms with E-state index in [1.54, 1.807) is 19.3 Å². The van der Waals surface area contributed by atoms with Crippen molar-refractivity contribution in [3.63, 3.8) is 0 Å². The molecule has 2 aromatic heterocycles. The number of carbonyl (C=O) groups is 1. The molecule has 34 heavy (non-hydrogen) atoms. The topological polar surface area (TPSA) is 108 Å². The Balaban J connectivity index is 1.50. The average molecular weight is 462 g/mol. The molecule has 4 aromatic rings. The van der Waals surface area contributed by atoms with Crippen LogP contribution < -0.4 is 15.5 Å². The number of phenols is 1. The predicted molar refractivity (Wildman–Crippen MR) is 126 cm³/mol. The number of piperazine rings is 1. The Morgan fingerprint density at radius 2 is 2.09 bits per heavy atom. The van der Waals surface area contributed by atoms with E-state index in [-0.39, 0.29) is 34.0 Å². The van der Waals surface area contributed by atoms with Crippen molar-refractivity contribution in [2.75, 3.05) is 31.6 Å². The van der Waals surface area contributed by atoms with Gasteiger partial charge in [-0.2, -0.15) is 5.10 Å². The van der Waals surface area contributed by atoms with Crippen LogP contribution in [0.1, 0.15) is 23.3 Å². The Hall–Kier alpha value is -3.79. The highest BCUT2D eigenvalue weighted by Crippen LogP contribution is 2.40. The van der Waals surface area contributed by atoms with Gasteiger partial charge < -0.3 is 20.6 Å². The highest BCUT2D eigenvalue weighted by molar-refractivity contribution is 6.06. The van der Waals surface area contributed by atoms with Gasteiger partial charge in [0.15, 0.2) is 17.4 Å². The van der Waals surface area contributed by atoms with Crippen LogP contribution >= 0.6 is 0 Å². The molecule has 1 saturated carbocycles. The molecule has 2 aromatic carbocycles. The standard InChI is InChI=1S/C24H24FN7O2/c1-26-23(34)20-15-10-14(32-8-7-27-24(12-32)5-6-24)3-4-17(15)28-22(29-20)16-9-13-11-31(2)30-19(13)18(25)21(16)33/h3-4,9-11,27,33H,5-8,12H2,1-2H3,(H,26,34). The molecule has 0 unspecified atom stereocenters. The van der Waals surface area contributed by atoms with Crippen molar-refractivity contribution in [2.24, 2.45) is 7.05 Å². The highest BCUT2D eigenvalue weighted by Gasteiger charge is 2.45. The summed E-state index contributed by atoms with van der Waals surface area (Å²) in [7, 11) is 3.21. The molecule has 174 valence electrons. The molecule has 0 bridgehead atoms. The van der Waals surface area contributed by atoms with Crippen molar-refractivity contribution in [1.29, 1.82) is 0 Å². The lowest BCUT2D eigenvalue weighted by Gasteiger charge is -2.35. The summed E-state index contributed by atoms with van der Waals surface area (Å²) >= 11 is 0. The molecule has 3 N–H and O–H groups in total. The Labute approximate surface area is 194 Å². The first-order chi connectivity index (χ1) is 16.4. The molecule has 1 aliphatic heterocycles. The fraction of sp³-hybridized carbons (Fsp3) is 0.333. The van der Waals surface area contributed by atoms with E-state index in [1.807, 2.05) is 18.2 Å². The van der Waals surface area contributed by atoms with Crippen LogP contribution in [0, 0.1) is 5.82 Å². The molecular formula is C24H24FN7O2. The van der Waals surface area contributed by atoms with E-state index >= 15 is 0 Å². The minimum absolute atomic E-state index is 0.0603. The van der Waals surface area contributed by atoms with Crippen LogP contribution in [0.2, 0.25) is 0 Å². The minimum atomic E-state index is -0.846. The van der Waals surface area contributed by atoms with Crippen LogP contribution in [0.4, 0.5) is 10.1 Å². The largest absolute Gasteiger partial charge is 0.504 e. The molecule has 1 amide bonds. The van der Waals surface area contributed by atoms with Gasteiger partial charge >= 0.3 is 0 Å². The van der Waals surface area contributed by atoms with Gasteiger partial charge in [-0.1, -0.05) is 0 Å². The minimum Gasteiger partial charge on any atom is -0.504 e. The molecule has 6 rings (SSSR count). The van der Waals surface area contributed by atoms with Crippen molar-refractivity contribution in [2.45, 2.75) is 18.4 Å². The lowest BCUT2D eigenvalue weighted by atomic mass is 10.1. The Morgan fingerprint density at radius 1 is 1.26 bits per heavy atom. The quantitative estimate of drug-likeness (QED) is 0.430. The smallest absolute Gasteiger partial charge is 0.270 e. The number of phenolic OH excluding ortho intramolecular Hbond substituents is 1. The maximum Gasteiger partial charge on any atom is 0.270 e. The molecule has 2 aliphatic rings. The summed E-state index contributed by atoms with van der Waals surface area (Å²) in [5.74, 6) is -1.76. The molecule has 1 aliphatic carbocycles. The first-order valence-electron chi connectivity index (χ1n) is 11.3. The maximum absolute atomic E-state index is 14.9. The number of benzene rings is 2. The fourth-order valence-corrected chi connectivity index (χ4v) is 4.80. The predicted octanol–water partition coefficient (Wildman–Crippen LogP) is 2.33. The van der Waals surface area contributed by atoms with E-state index in [9.17, 15) is 14.3 Å². The van der Waals surface area contributed by atoms with Gasteiger partial charge in [0, 0.05) is 61.9 Å². The SMILES string of the molecule is CNC(=O)c1nc(-c2cc3cn(C)nc3c(F)c2O)nc2ccc(N3CCNC4(CC4)C3)cc12. The molecule has 0 radical (unpaired) electrons. The zero-order valence-electron chi connectivity index (χ0n) is 18.9. The second-order valence-electron chi connectivity index (χ2n) is 9.13. The normalized spacial score (nSPS) is 17.0. The number of amides is 1. The number of fused-ring (bicyclic) bond motifs is 2. The van der Waals surface area contributed by atoms with Crippen LogP contribution in [0.5, 0.6) is 5.75 Å². The summed E-state index contributed by atoms with van der Waals surface area (Å²) in [4.78, 5) is 24.2. The molecule has 10 heteroatoms. The number of aromatic hydroxyl groups is 1. The van der Waals surface area contributed by atoms with Crippen molar-refractivity contribution in [1.82, 2.24) is 30.4 Å². The van der Waals surface area contributed by atoms with Crippen LogP contribution in [0.25, 0.3) is 33.2 Å². The van der Waals surface area contributed by atoms with Gasteiger partial charge in [-0.05, 0) is 37.1 Å². The van der Waals surface area contributed by atoms with Gasteiger partial charge in [-0.15, -0.1) is 0 Å². The third kappa shape index (κ3) is 3.25. The maximum atomic E-state index is 14.9. The van der Waals surface area contributed by atoms with Crippen LogP contribution in [-0.4, -0.2) is 63.0 Å². The number of aromatic nitrogens is 4. The number of anilines is 1. The molecule has 9 nitrogen and oxygen atoms in total. The number of hydrogen-bond donors (Lipinski definition) is 3. The summed E-state index contributed by atoms with van der Waals surface area (Å²) in [6.45, 7) is 2.71. The first-order valence-corrected chi connectivity index (χ1v) is 11.3. The lowest BCUT2D eigenvalue weighted by Crippen LogP contribution is -2.52. The number of halogens is 1. The van der Waals surface area contributed by atoms with Crippen LogP contribution in [0.3, 0.4) is 0 Å². The van der Waals surface area contributed by atoms with Crippen molar-refractivity contribution >= 4 is 33.4 Å². The highest BCUT2D eigenvalue weighted by atomic mass is 19.1. The molecule has 3 heterocycles. The van der Waals surface area contributed by atoms with Gasteiger partial charge in [0.05, 0.1) is 11.1 Å². The van der Waals surface area contributed by atoms with E-state index in [1.165, 1.54) is 24.6 Å². The van der Waals surface area contributed by atoms with Crippen molar-refractivity contribution in [3.05, 3.63) is 42.0 Å². The number of aryl methyl sites for hydroxylation is 1. The van der Waals surface area contributed by atoms with E-state index in [4.69, 9.17) is 0 Å². The third-order valence-electron chi connectivity index (χ3n) is 6.78. The molecule has 0 atom stereocenters. The fourth-order valence-electron chi connectivity index (χ4n) is 4.80. The Kier molecular flexibility index (Phi) is 4.50. The van der Waals surface area contributed by atoms with Gasteiger partial charge in [-0.25, -0.2) is 14.4 Å². The van der Waals surface area contributed by atoms with Gasteiger partial charge in [0.2, 0.25) is 0 Å². The Bertz CT molecular complexity index is 1480. The van der Waals surface area contributed by atoms with E-state index < -0.39 is 11.6 Å². The van der Waals surface area contributed by atoms with Gasteiger partial charge in [0.1, 0.15) is 11.2 Å². The van der Waals surface area contributed by atoms with Gasteiger partial charge in [-0.3, -0.25) is 9.48 Å². The summed E-state index contributed by atoms with van der Waals surface area (Å²) in [5, 5.41) is 22.0. The zero-order valence-corrected chi connectivity index (χ0v) is 18.9. The van der Waals surface area contributed by atoms with Crippen molar-refractivity contribution in [3.8, 4) is 17.1 Å². The third-order valence-corrected chi connectivity index (χ3v) is 6.78. The number of hydrogen-bond acceptors (Lipinski definition) is 7. The average Bonchev–Trinajstić information content (AvgIpc) is 3.47. The number of nitrogens with one attached hydrogen (secondary N) is 2. The molecule has 1 saturated heterocycles. The summed E-state index contributed by atoms with van der Waals surface area (Å²) in [5.41, 5.74) is 2.09. The summed E-state index contributed by atoms with van der Waals surface area (Å²) in [6.07, 6.45) is 4.00. The summed E-state index contributed by atoms with van der Waals surface area (Å²) in [6, 6.07) is 7.36. The first kappa shape index (κ1) is 20.8. The number of nitrogens with zero attached hydrogens (tertiary/aromatic N) is 5. The summed E-state index contributed by atoms with van der Waals surface area (Å²) < 4.78 is 16.3. The van der Waals surface area contributed by atoms with E-state index in [0.29, 0.717) is 16.3 Å². The van der Waals surface area contributed by atoms with Gasteiger partial charge in [0.25, 0.3) is 5.91 Å². The van der Waals surface area contributed by atoms with Crippen molar-refractivity contribution < 1.29 is 14.3 Å². The molecule has 2 fully saturated rings. The van der Waals surface area contributed by atoms with E-state index in [2.05, 4.69) is 30.6 Å². The molecule has 1 spiro atoms. The van der Waals surface area contributed by atoms with Crippen LogP contribution in [0.15, 0.2) is 30.5 Å². The van der Waals surface area contributed by atoms with Crippen LogP contribution in [-0.2, 0) is 7.05 Å². The van der Waals surface area contributed by atoms with E-state index in [0.717, 1.165) is 25.3 Å². The zero-order chi connectivity index (χ0) is 23.6. The number of rotatable bonds is 3.